The van der Waals surface area contributed by atoms with Crippen molar-refractivity contribution in [3.05, 3.63) is 30.1 Å². The number of benzene rings is 1. The van der Waals surface area contributed by atoms with Crippen LogP contribution in [0.1, 0.15) is 29.6 Å². The molecule has 1 aliphatic rings. The topological polar surface area (TPSA) is 84.2 Å². The third-order valence-corrected chi connectivity index (χ3v) is 3.39. The SMILES string of the molecule is O=C(CCn1cnc2cc(C(=O)O)ccc21)NC1CC1. The number of nitrogens with zero attached hydrogens (tertiary/aromatic N) is 2. The Morgan fingerprint density at radius 2 is 2.20 bits per heavy atom. The van der Waals surface area contributed by atoms with E-state index in [2.05, 4.69) is 10.3 Å². The van der Waals surface area contributed by atoms with Gasteiger partial charge in [-0.15, -0.1) is 0 Å². The zero-order chi connectivity index (χ0) is 14.1. The molecule has 3 rings (SSSR count). The lowest BCUT2D eigenvalue weighted by molar-refractivity contribution is -0.121. The molecule has 0 spiro atoms. The van der Waals surface area contributed by atoms with Crippen molar-refractivity contribution in [1.29, 1.82) is 0 Å². The zero-order valence-electron chi connectivity index (χ0n) is 10.9. The number of carbonyl (C=O) groups is 2. The first-order valence-electron chi connectivity index (χ1n) is 6.61. The van der Waals surface area contributed by atoms with Crippen LogP contribution in [0.15, 0.2) is 24.5 Å². The second-order valence-corrected chi connectivity index (χ2v) is 5.04. The summed E-state index contributed by atoms with van der Waals surface area (Å²) in [5.41, 5.74) is 1.69. The van der Waals surface area contributed by atoms with Gasteiger partial charge in [-0.25, -0.2) is 9.78 Å². The van der Waals surface area contributed by atoms with E-state index in [0.717, 1.165) is 18.4 Å². The quantitative estimate of drug-likeness (QED) is 0.862. The van der Waals surface area contributed by atoms with Gasteiger partial charge in [-0.05, 0) is 31.0 Å². The van der Waals surface area contributed by atoms with Crippen molar-refractivity contribution in [3.8, 4) is 0 Å². The molecule has 0 aliphatic heterocycles. The van der Waals surface area contributed by atoms with Gasteiger partial charge in [-0.3, -0.25) is 4.79 Å². The summed E-state index contributed by atoms with van der Waals surface area (Å²) in [4.78, 5) is 26.7. The molecule has 1 amide bonds. The maximum atomic E-state index is 11.6. The predicted octanol–water partition coefficient (Wildman–Crippen LogP) is 1.40. The number of fused-ring (bicyclic) bond motifs is 1. The third-order valence-electron chi connectivity index (χ3n) is 3.39. The van der Waals surface area contributed by atoms with Crippen molar-refractivity contribution in [2.75, 3.05) is 0 Å². The number of rotatable bonds is 5. The van der Waals surface area contributed by atoms with E-state index >= 15 is 0 Å². The highest BCUT2D eigenvalue weighted by Crippen LogP contribution is 2.19. The first-order valence-corrected chi connectivity index (χ1v) is 6.61. The van der Waals surface area contributed by atoms with Crippen molar-refractivity contribution >= 4 is 22.9 Å². The van der Waals surface area contributed by atoms with Gasteiger partial charge in [0.05, 0.1) is 22.9 Å². The molecule has 0 unspecified atom stereocenters. The summed E-state index contributed by atoms with van der Waals surface area (Å²) in [7, 11) is 0. The van der Waals surface area contributed by atoms with Crippen LogP contribution in [0.2, 0.25) is 0 Å². The number of aromatic nitrogens is 2. The number of aryl methyl sites for hydroxylation is 1. The fourth-order valence-electron chi connectivity index (χ4n) is 2.12. The smallest absolute Gasteiger partial charge is 0.335 e. The summed E-state index contributed by atoms with van der Waals surface area (Å²) >= 11 is 0. The molecule has 6 nitrogen and oxygen atoms in total. The van der Waals surface area contributed by atoms with Gasteiger partial charge in [0.2, 0.25) is 5.91 Å². The molecule has 20 heavy (non-hydrogen) atoms. The molecule has 0 atom stereocenters. The largest absolute Gasteiger partial charge is 0.478 e. The van der Waals surface area contributed by atoms with Crippen LogP contribution in [0.3, 0.4) is 0 Å². The lowest BCUT2D eigenvalue weighted by Gasteiger charge is -2.05. The standard InChI is InChI=1S/C14H15N3O3/c18-13(16-10-2-3-10)5-6-17-8-15-11-7-9(14(19)20)1-4-12(11)17/h1,4,7-8,10H,2-3,5-6H2,(H,16,18)(H,19,20). The van der Waals surface area contributed by atoms with Gasteiger partial charge in [0, 0.05) is 19.0 Å². The number of carboxylic acid groups (broad SMARTS) is 1. The van der Waals surface area contributed by atoms with E-state index in [4.69, 9.17) is 5.11 Å². The van der Waals surface area contributed by atoms with E-state index < -0.39 is 5.97 Å². The monoisotopic (exact) mass is 273 g/mol. The summed E-state index contributed by atoms with van der Waals surface area (Å²) in [5.74, 6) is -0.915. The number of nitrogens with one attached hydrogen (secondary N) is 1. The number of hydrogen-bond donors (Lipinski definition) is 2. The molecule has 0 radical (unpaired) electrons. The van der Waals surface area contributed by atoms with E-state index in [1.165, 1.54) is 0 Å². The van der Waals surface area contributed by atoms with Gasteiger partial charge in [0.15, 0.2) is 0 Å². The molecule has 6 heteroatoms. The van der Waals surface area contributed by atoms with E-state index in [-0.39, 0.29) is 11.5 Å². The van der Waals surface area contributed by atoms with Crippen molar-refractivity contribution in [2.24, 2.45) is 0 Å². The summed E-state index contributed by atoms with van der Waals surface area (Å²) in [6.07, 6.45) is 4.21. The van der Waals surface area contributed by atoms with Crippen LogP contribution in [0.25, 0.3) is 11.0 Å². The van der Waals surface area contributed by atoms with Crippen LogP contribution >= 0.6 is 0 Å². The molecule has 0 saturated heterocycles. The molecule has 1 aliphatic carbocycles. The maximum absolute atomic E-state index is 11.6. The van der Waals surface area contributed by atoms with Crippen molar-refractivity contribution in [1.82, 2.24) is 14.9 Å². The highest BCUT2D eigenvalue weighted by atomic mass is 16.4. The average molecular weight is 273 g/mol. The molecule has 1 fully saturated rings. The predicted molar refractivity (Wildman–Crippen MR) is 72.5 cm³/mol. The van der Waals surface area contributed by atoms with Crippen LogP contribution in [-0.4, -0.2) is 32.6 Å². The number of amides is 1. The molecule has 1 aromatic heterocycles. The minimum Gasteiger partial charge on any atom is -0.478 e. The number of carboxylic acids is 1. The van der Waals surface area contributed by atoms with E-state index in [1.54, 1.807) is 24.5 Å². The normalized spacial score (nSPS) is 14.4. The van der Waals surface area contributed by atoms with E-state index in [1.807, 2.05) is 4.57 Å². The zero-order valence-corrected chi connectivity index (χ0v) is 10.9. The highest BCUT2D eigenvalue weighted by Gasteiger charge is 2.22. The number of imidazole rings is 1. The number of hydrogen-bond acceptors (Lipinski definition) is 3. The molecule has 0 bridgehead atoms. The summed E-state index contributed by atoms with van der Waals surface area (Å²) in [5, 5.41) is 11.9. The van der Waals surface area contributed by atoms with Gasteiger partial charge in [0.1, 0.15) is 0 Å². The van der Waals surface area contributed by atoms with Gasteiger partial charge in [-0.1, -0.05) is 0 Å². The highest BCUT2D eigenvalue weighted by molar-refractivity contribution is 5.92. The Bertz CT molecular complexity index is 673. The Hall–Kier alpha value is -2.37. The van der Waals surface area contributed by atoms with Crippen LogP contribution in [0, 0.1) is 0 Å². The third kappa shape index (κ3) is 2.64. The van der Waals surface area contributed by atoms with Gasteiger partial charge >= 0.3 is 5.97 Å². The Morgan fingerprint density at radius 1 is 1.40 bits per heavy atom. The Kier molecular flexibility index (Phi) is 3.14. The fraction of sp³-hybridized carbons (Fsp3) is 0.357. The van der Waals surface area contributed by atoms with Crippen molar-refractivity contribution < 1.29 is 14.7 Å². The van der Waals surface area contributed by atoms with Crippen LogP contribution in [-0.2, 0) is 11.3 Å². The lowest BCUT2D eigenvalue weighted by Crippen LogP contribution is -2.26. The van der Waals surface area contributed by atoms with E-state index in [9.17, 15) is 9.59 Å². The molecule has 2 aromatic rings. The summed E-state index contributed by atoms with van der Waals surface area (Å²) in [6.45, 7) is 0.543. The molecule has 1 heterocycles. The number of carbonyl (C=O) groups excluding carboxylic acids is 1. The van der Waals surface area contributed by atoms with E-state index in [0.29, 0.717) is 24.5 Å². The van der Waals surface area contributed by atoms with Crippen molar-refractivity contribution in [3.63, 3.8) is 0 Å². The summed E-state index contributed by atoms with van der Waals surface area (Å²) < 4.78 is 1.87. The maximum Gasteiger partial charge on any atom is 0.335 e. The average Bonchev–Trinajstić information content (AvgIpc) is 3.14. The fourth-order valence-corrected chi connectivity index (χ4v) is 2.12. The van der Waals surface area contributed by atoms with Crippen LogP contribution in [0.5, 0.6) is 0 Å². The number of aromatic carboxylic acids is 1. The minimum atomic E-state index is -0.967. The first kappa shape index (κ1) is 12.7. The molecule has 2 N–H and O–H groups in total. The Balaban J connectivity index is 1.71. The second kappa shape index (κ2) is 4.96. The molecular formula is C14H15N3O3. The van der Waals surface area contributed by atoms with Gasteiger partial charge < -0.3 is 15.0 Å². The van der Waals surface area contributed by atoms with Crippen LogP contribution < -0.4 is 5.32 Å². The molecule has 104 valence electrons. The summed E-state index contributed by atoms with van der Waals surface area (Å²) in [6, 6.07) is 5.19. The minimum absolute atomic E-state index is 0.0523. The van der Waals surface area contributed by atoms with Gasteiger partial charge in [0.25, 0.3) is 0 Å². The first-order chi connectivity index (χ1) is 9.63. The van der Waals surface area contributed by atoms with Crippen molar-refractivity contribution in [2.45, 2.75) is 31.8 Å². The molecule has 1 aromatic carbocycles. The van der Waals surface area contributed by atoms with Gasteiger partial charge in [-0.2, -0.15) is 0 Å². The lowest BCUT2D eigenvalue weighted by atomic mass is 10.2. The molecular weight excluding hydrogens is 258 g/mol. The van der Waals surface area contributed by atoms with Crippen LogP contribution in [0.4, 0.5) is 0 Å². The Labute approximate surface area is 115 Å². The molecule has 1 saturated carbocycles. The second-order valence-electron chi connectivity index (χ2n) is 5.04. The Morgan fingerprint density at radius 3 is 2.90 bits per heavy atom.